The van der Waals surface area contributed by atoms with Crippen molar-refractivity contribution >= 4 is 17.5 Å². The van der Waals surface area contributed by atoms with Gasteiger partial charge in [-0.1, -0.05) is 0 Å². The van der Waals surface area contributed by atoms with Gasteiger partial charge in [0.05, 0.1) is 11.5 Å². The van der Waals surface area contributed by atoms with Crippen molar-refractivity contribution in [2.75, 3.05) is 20.1 Å². The molecule has 0 spiro atoms. The summed E-state index contributed by atoms with van der Waals surface area (Å²) in [5.74, 6) is -1.34. The number of nitrogens with zero attached hydrogens (tertiary/aromatic N) is 2. The molecule has 0 saturated heterocycles. The highest BCUT2D eigenvalue weighted by molar-refractivity contribution is 6.00. The molecular weight excluding hydrogens is 266 g/mol. The monoisotopic (exact) mass is 281 g/mol. The predicted octanol–water partition coefficient (Wildman–Crippen LogP) is 0.508. The maximum absolute atomic E-state index is 12.1. The number of benzene rings is 1. The maximum Gasteiger partial charge on any atom is 0.282 e. The topological polar surface area (TPSA) is 113 Å². The second-order valence-corrected chi connectivity index (χ2v) is 4.07. The van der Waals surface area contributed by atoms with Gasteiger partial charge < -0.3 is 15.3 Å². The second kappa shape index (κ2) is 6.50. The Morgan fingerprint density at radius 1 is 1.45 bits per heavy atom. The molecule has 20 heavy (non-hydrogen) atoms. The molecular formula is C12H15N3O5. The molecule has 1 rings (SSSR count). The Bertz CT molecular complexity index is 544. The first-order valence-corrected chi connectivity index (χ1v) is 5.86. The number of phenolic OH excluding ortho intramolecular Hbond substituents is 1. The van der Waals surface area contributed by atoms with Gasteiger partial charge in [0, 0.05) is 19.7 Å². The number of nitro groups is 1. The Balaban J connectivity index is 2.99. The summed E-state index contributed by atoms with van der Waals surface area (Å²) in [5, 5.41) is 22.7. The summed E-state index contributed by atoms with van der Waals surface area (Å²) in [7, 11) is 1.35. The fourth-order valence-corrected chi connectivity index (χ4v) is 1.60. The molecule has 108 valence electrons. The normalized spacial score (nSPS) is 9.90. The van der Waals surface area contributed by atoms with Crippen LogP contribution in [0.2, 0.25) is 0 Å². The molecule has 0 saturated carbocycles. The summed E-state index contributed by atoms with van der Waals surface area (Å²) in [5.41, 5.74) is -0.683. The highest BCUT2D eigenvalue weighted by Crippen LogP contribution is 2.24. The lowest BCUT2D eigenvalue weighted by atomic mass is 10.1. The Hall–Kier alpha value is -2.64. The van der Waals surface area contributed by atoms with Gasteiger partial charge in [0.1, 0.15) is 11.3 Å². The number of nitro benzene ring substituents is 1. The molecule has 8 heteroatoms. The number of aromatic hydroxyl groups is 1. The molecule has 2 amide bonds. The van der Waals surface area contributed by atoms with E-state index in [1.807, 2.05) is 0 Å². The average Bonchev–Trinajstić information content (AvgIpc) is 2.37. The first kappa shape index (κ1) is 15.4. The molecule has 0 unspecified atom stereocenters. The third kappa shape index (κ3) is 3.67. The first-order chi connectivity index (χ1) is 9.36. The van der Waals surface area contributed by atoms with E-state index in [1.165, 1.54) is 7.05 Å². The van der Waals surface area contributed by atoms with Gasteiger partial charge in [-0.25, -0.2) is 0 Å². The van der Waals surface area contributed by atoms with Gasteiger partial charge in [-0.15, -0.1) is 0 Å². The zero-order valence-electron chi connectivity index (χ0n) is 11.1. The molecule has 0 bridgehead atoms. The smallest absolute Gasteiger partial charge is 0.282 e. The summed E-state index contributed by atoms with van der Waals surface area (Å²) in [6, 6.07) is 3.18. The molecule has 1 aromatic carbocycles. The van der Waals surface area contributed by atoms with Crippen molar-refractivity contribution in [2.24, 2.45) is 0 Å². The summed E-state index contributed by atoms with van der Waals surface area (Å²) >= 11 is 0. The largest absolute Gasteiger partial charge is 0.508 e. The van der Waals surface area contributed by atoms with Crippen molar-refractivity contribution in [3.8, 4) is 5.75 Å². The third-order valence-electron chi connectivity index (χ3n) is 2.51. The maximum atomic E-state index is 12.1. The first-order valence-electron chi connectivity index (χ1n) is 5.86. The number of hydrogen-bond donors (Lipinski definition) is 2. The van der Waals surface area contributed by atoms with E-state index in [9.17, 15) is 24.8 Å². The fraction of sp³-hybridized carbons (Fsp3) is 0.333. The number of phenols is 1. The van der Waals surface area contributed by atoms with Crippen LogP contribution in [0.3, 0.4) is 0 Å². The van der Waals surface area contributed by atoms with Crippen LogP contribution >= 0.6 is 0 Å². The van der Waals surface area contributed by atoms with Crippen LogP contribution in [-0.4, -0.2) is 46.9 Å². The van der Waals surface area contributed by atoms with Gasteiger partial charge in [0.2, 0.25) is 5.91 Å². The van der Waals surface area contributed by atoms with E-state index in [4.69, 9.17) is 0 Å². The van der Waals surface area contributed by atoms with Crippen molar-refractivity contribution in [3.63, 3.8) is 0 Å². The molecule has 0 aliphatic heterocycles. The lowest BCUT2D eigenvalue weighted by Crippen LogP contribution is -2.38. The number of carbonyl (C=O) groups is 2. The van der Waals surface area contributed by atoms with Gasteiger partial charge in [-0.05, 0) is 19.1 Å². The van der Waals surface area contributed by atoms with Crippen LogP contribution in [0.5, 0.6) is 5.75 Å². The zero-order chi connectivity index (χ0) is 15.3. The predicted molar refractivity (Wildman–Crippen MR) is 70.4 cm³/mol. The van der Waals surface area contributed by atoms with Gasteiger partial charge >= 0.3 is 0 Å². The standard InChI is InChI=1S/C12H15N3O5/c1-3-13-11(17)7-14(2)12(18)9-6-8(16)4-5-10(9)15(19)20/h4-6,16H,3,7H2,1-2H3,(H,13,17). The minimum atomic E-state index is -0.716. The summed E-state index contributed by atoms with van der Waals surface area (Å²) in [6.07, 6.45) is 0. The number of amides is 2. The van der Waals surface area contributed by atoms with E-state index >= 15 is 0 Å². The quantitative estimate of drug-likeness (QED) is 0.603. The number of nitrogens with one attached hydrogen (secondary N) is 1. The van der Waals surface area contributed by atoms with Crippen LogP contribution in [-0.2, 0) is 4.79 Å². The Morgan fingerprint density at radius 2 is 2.10 bits per heavy atom. The van der Waals surface area contributed by atoms with E-state index in [-0.39, 0.29) is 23.8 Å². The van der Waals surface area contributed by atoms with Crippen LogP contribution in [0.1, 0.15) is 17.3 Å². The second-order valence-electron chi connectivity index (χ2n) is 4.07. The molecule has 0 aliphatic carbocycles. The highest BCUT2D eigenvalue weighted by Gasteiger charge is 2.24. The van der Waals surface area contributed by atoms with E-state index in [2.05, 4.69) is 5.32 Å². The SMILES string of the molecule is CCNC(=O)CN(C)C(=O)c1cc(O)ccc1[N+](=O)[O-]. The number of carbonyl (C=O) groups excluding carboxylic acids is 2. The van der Waals surface area contributed by atoms with Gasteiger partial charge in [0.15, 0.2) is 0 Å². The number of hydrogen-bond acceptors (Lipinski definition) is 5. The van der Waals surface area contributed by atoms with Gasteiger partial charge in [-0.2, -0.15) is 0 Å². The Morgan fingerprint density at radius 3 is 2.65 bits per heavy atom. The van der Waals surface area contributed by atoms with Crippen molar-refractivity contribution in [1.82, 2.24) is 10.2 Å². The lowest BCUT2D eigenvalue weighted by molar-refractivity contribution is -0.385. The Labute approximate surface area is 115 Å². The van der Waals surface area contributed by atoms with Gasteiger partial charge in [-0.3, -0.25) is 19.7 Å². The van der Waals surface area contributed by atoms with Crippen molar-refractivity contribution in [2.45, 2.75) is 6.92 Å². The van der Waals surface area contributed by atoms with Crippen molar-refractivity contribution < 1.29 is 19.6 Å². The average molecular weight is 281 g/mol. The van der Waals surface area contributed by atoms with Crippen molar-refractivity contribution in [1.29, 1.82) is 0 Å². The van der Waals surface area contributed by atoms with Crippen LogP contribution in [0, 0.1) is 10.1 Å². The summed E-state index contributed by atoms with van der Waals surface area (Å²) in [6.45, 7) is 1.94. The molecule has 0 heterocycles. The van der Waals surface area contributed by atoms with E-state index in [1.54, 1.807) is 6.92 Å². The molecule has 8 nitrogen and oxygen atoms in total. The molecule has 0 atom stereocenters. The van der Waals surface area contributed by atoms with E-state index < -0.39 is 16.5 Å². The molecule has 1 aromatic rings. The minimum absolute atomic E-state index is 0.223. The molecule has 0 radical (unpaired) electrons. The fourth-order valence-electron chi connectivity index (χ4n) is 1.60. The van der Waals surface area contributed by atoms with Crippen LogP contribution < -0.4 is 5.32 Å². The zero-order valence-corrected chi connectivity index (χ0v) is 11.1. The molecule has 2 N–H and O–H groups in total. The summed E-state index contributed by atoms with van der Waals surface area (Å²) in [4.78, 5) is 34.7. The van der Waals surface area contributed by atoms with Gasteiger partial charge in [0.25, 0.3) is 11.6 Å². The lowest BCUT2D eigenvalue weighted by Gasteiger charge is -2.16. The number of rotatable bonds is 5. The molecule has 0 aromatic heterocycles. The van der Waals surface area contributed by atoms with E-state index in [0.717, 1.165) is 23.1 Å². The van der Waals surface area contributed by atoms with Crippen LogP contribution in [0.15, 0.2) is 18.2 Å². The third-order valence-corrected chi connectivity index (χ3v) is 2.51. The molecule has 0 fully saturated rings. The summed E-state index contributed by atoms with van der Waals surface area (Å²) < 4.78 is 0. The molecule has 0 aliphatic rings. The van der Waals surface area contributed by atoms with Crippen molar-refractivity contribution in [3.05, 3.63) is 33.9 Å². The van der Waals surface area contributed by atoms with Crippen LogP contribution in [0.4, 0.5) is 5.69 Å². The Kier molecular flexibility index (Phi) is 5.01. The highest BCUT2D eigenvalue weighted by atomic mass is 16.6. The number of likely N-dealkylation sites (N-methyl/N-ethyl adjacent to an activating group) is 2. The minimum Gasteiger partial charge on any atom is -0.508 e. The van der Waals surface area contributed by atoms with E-state index in [0.29, 0.717) is 6.54 Å². The van der Waals surface area contributed by atoms with Crippen LogP contribution in [0.25, 0.3) is 0 Å².